The van der Waals surface area contributed by atoms with Gasteiger partial charge in [-0.3, -0.25) is 25.0 Å². The highest BCUT2D eigenvalue weighted by molar-refractivity contribution is 5.86. The van der Waals surface area contributed by atoms with Crippen LogP contribution in [-0.2, 0) is 4.79 Å². The fourth-order valence-electron chi connectivity index (χ4n) is 1.68. The van der Waals surface area contributed by atoms with E-state index in [1.54, 1.807) is 0 Å². The zero-order valence-corrected chi connectivity index (χ0v) is 13.2. The maximum Gasteiger partial charge on any atom is 0.299 e. The van der Waals surface area contributed by atoms with E-state index in [-0.39, 0.29) is 5.69 Å². The number of carbonyl (C=O) groups is 1. The standard InChI is InChI=1S/C11H14N4O5.C2H6/c1-6-4-8(14(17)18)10(9(5-6)15(19)20)13-7(2)11(16)12-3;1-2/h4-5,7,13H,1-3H3,(H,12,16);1-2H3. The van der Waals surface area contributed by atoms with Gasteiger partial charge >= 0.3 is 0 Å². The predicted octanol–water partition coefficient (Wildman–Crippen LogP) is 2.38. The summed E-state index contributed by atoms with van der Waals surface area (Å²) in [5, 5.41) is 26.9. The molecule has 0 aliphatic heterocycles. The van der Waals surface area contributed by atoms with Crippen molar-refractivity contribution in [2.75, 3.05) is 12.4 Å². The third-order valence-corrected chi connectivity index (χ3v) is 2.63. The number of rotatable bonds is 5. The Bertz CT molecular complexity index is 539. The summed E-state index contributed by atoms with van der Waals surface area (Å²) in [5.41, 5.74) is -0.761. The Balaban J connectivity index is 0.00000211. The van der Waals surface area contributed by atoms with Crippen LogP contribution in [0.4, 0.5) is 17.1 Å². The van der Waals surface area contributed by atoms with E-state index >= 15 is 0 Å². The Morgan fingerprint density at radius 1 is 1.14 bits per heavy atom. The average Bonchev–Trinajstić information content (AvgIpc) is 2.49. The highest BCUT2D eigenvalue weighted by atomic mass is 16.6. The minimum Gasteiger partial charge on any atom is -0.363 e. The molecule has 1 amide bonds. The quantitative estimate of drug-likeness (QED) is 0.634. The monoisotopic (exact) mass is 312 g/mol. The number of carbonyl (C=O) groups excluding carboxylic acids is 1. The summed E-state index contributed by atoms with van der Waals surface area (Å²) in [4.78, 5) is 32.0. The van der Waals surface area contributed by atoms with Gasteiger partial charge in [-0.2, -0.15) is 0 Å². The second-order valence-electron chi connectivity index (χ2n) is 4.17. The fraction of sp³-hybridized carbons (Fsp3) is 0.462. The van der Waals surface area contributed by atoms with E-state index in [0.717, 1.165) is 0 Å². The Kier molecular flexibility index (Phi) is 7.50. The van der Waals surface area contributed by atoms with E-state index in [1.807, 2.05) is 13.8 Å². The van der Waals surface area contributed by atoms with Crippen LogP contribution < -0.4 is 10.6 Å². The molecule has 0 aromatic heterocycles. The molecule has 0 radical (unpaired) electrons. The molecular weight excluding hydrogens is 292 g/mol. The number of likely N-dealkylation sites (N-methyl/N-ethyl adjacent to an activating group) is 1. The SMILES string of the molecule is CC.CNC(=O)C(C)Nc1c([N+](=O)[O-])cc(C)cc1[N+](=O)[O-]. The van der Waals surface area contributed by atoms with E-state index in [2.05, 4.69) is 10.6 Å². The van der Waals surface area contributed by atoms with Gasteiger partial charge in [0.05, 0.1) is 9.85 Å². The second kappa shape index (κ2) is 8.55. The van der Waals surface area contributed by atoms with E-state index in [1.165, 1.54) is 33.0 Å². The Hall–Kier alpha value is -2.71. The molecule has 9 nitrogen and oxygen atoms in total. The molecule has 22 heavy (non-hydrogen) atoms. The number of amides is 1. The first-order valence-corrected chi connectivity index (χ1v) is 6.69. The van der Waals surface area contributed by atoms with Crippen LogP contribution in [0.25, 0.3) is 0 Å². The van der Waals surface area contributed by atoms with Gasteiger partial charge in [0.2, 0.25) is 5.91 Å². The van der Waals surface area contributed by atoms with Crippen LogP contribution >= 0.6 is 0 Å². The summed E-state index contributed by atoms with van der Waals surface area (Å²) in [6.07, 6.45) is 0. The van der Waals surface area contributed by atoms with Crippen molar-refractivity contribution in [2.45, 2.75) is 33.7 Å². The molecule has 1 aromatic rings. The number of nitro benzene ring substituents is 2. The molecule has 0 heterocycles. The van der Waals surface area contributed by atoms with Gasteiger partial charge in [-0.15, -0.1) is 0 Å². The van der Waals surface area contributed by atoms with Crippen molar-refractivity contribution in [1.82, 2.24) is 5.32 Å². The first-order chi connectivity index (χ1) is 10.3. The van der Waals surface area contributed by atoms with Crippen molar-refractivity contribution in [2.24, 2.45) is 0 Å². The van der Waals surface area contributed by atoms with E-state index in [9.17, 15) is 25.0 Å². The van der Waals surface area contributed by atoms with Crippen LogP contribution in [0, 0.1) is 27.2 Å². The number of aryl methyl sites for hydroxylation is 1. The van der Waals surface area contributed by atoms with Gasteiger partial charge in [-0.1, -0.05) is 13.8 Å². The van der Waals surface area contributed by atoms with Crippen LogP contribution in [0.15, 0.2) is 12.1 Å². The minimum absolute atomic E-state index is 0.276. The van der Waals surface area contributed by atoms with Crippen LogP contribution in [0.5, 0.6) is 0 Å². The number of nitro groups is 2. The lowest BCUT2D eigenvalue weighted by Crippen LogP contribution is -2.35. The van der Waals surface area contributed by atoms with Crippen molar-refractivity contribution in [3.63, 3.8) is 0 Å². The normalized spacial score (nSPS) is 10.8. The van der Waals surface area contributed by atoms with Crippen molar-refractivity contribution < 1.29 is 14.6 Å². The van der Waals surface area contributed by atoms with Gasteiger partial charge < -0.3 is 10.6 Å². The lowest BCUT2D eigenvalue weighted by molar-refractivity contribution is -0.392. The minimum atomic E-state index is -0.847. The number of hydrogen-bond donors (Lipinski definition) is 2. The third-order valence-electron chi connectivity index (χ3n) is 2.63. The first-order valence-electron chi connectivity index (χ1n) is 6.69. The average molecular weight is 312 g/mol. The largest absolute Gasteiger partial charge is 0.363 e. The summed E-state index contributed by atoms with van der Waals surface area (Å²) >= 11 is 0. The van der Waals surface area contributed by atoms with E-state index in [0.29, 0.717) is 5.56 Å². The lowest BCUT2D eigenvalue weighted by Gasteiger charge is -2.14. The molecule has 0 saturated heterocycles. The highest BCUT2D eigenvalue weighted by Crippen LogP contribution is 2.35. The fourth-order valence-corrected chi connectivity index (χ4v) is 1.68. The molecule has 0 spiro atoms. The van der Waals surface area contributed by atoms with E-state index < -0.39 is 33.2 Å². The molecule has 0 aliphatic rings. The summed E-state index contributed by atoms with van der Waals surface area (Å²) in [6.45, 7) is 6.97. The Morgan fingerprint density at radius 2 is 1.55 bits per heavy atom. The van der Waals surface area contributed by atoms with Crippen molar-refractivity contribution in [3.05, 3.63) is 37.9 Å². The molecule has 0 fully saturated rings. The second-order valence-corrected chi connectivity index (χ2v) is 4.17. The van der Waals surface area contributed by atoms with Crippen LogP contribution in [-0.4, -0.2) is 28.8 Å². The van der Waals surface area contributed by atoms with Gasteiger partial charge in [0.25, 0.3) is 11.4 Å². The van der Waals surface area contributed by atoms with Gasteiger partial charge in [-0.25, -0.2) is 0 Å². The Labute approximate surface area is 128 Å². The highest BCUT2D eigenvalue weighted by Gasteiger charge is 2.28. The van der Waals surface area contributed by atoms with Crippen molar-refractivity contribution >= 4 is 23.0 Å². The van der Waals surface area contributed by atoms with Crippen LogP contribution in [0.2, 0.25) is 0 Å². The summed E-state index contributed by atoms with van der Waals surface area (Å²) < 4.78 is 0. The zero-order valence-electron chi connectivity index (χ0n) is 13.2. The topological polar surface area (TPSA) is 127 Å². The number of anilines is 1. The Morgan fingerprint density at radius 3 is 1.86 bits per heavy atom. The number of hydrogen-bond acceptors (Lipinski definition) is 6. The smallest absolute Gasteiger partial charge is 0.299 e. The maximum atomic E-state index is 11.4. The van der Waals surface area contributed by atoms with Gasteiger partial charge in [0.1, 0.15) is 6.04 Å². The van der Waals surface area contributed by atoms with Crippen LogP contribution in [0.3, 0.4) is 0 Å². The molecule has 1 unspecified atom stereocenters. The molecule has 1 rings (SSSR count). The third kappa shape index (κ3) is 4.69. The number of nitrogens with zero attached hydrogens (tertiary/aromatic N) is 2. The lowest BCUT2D eigenvalue weighted by atomic mass is 10.1. The molecule has 1 aromatic carbocycles. The summed E-state index contributed by atoms with van der Waals surface area (Å²) in [7, 11) is 1.40. The molecule has 9 heteroatoms. The molecule has 0 saturated carbocycles. The molecule has 1 atom stereocenters. The molecule has 122 valence electrons. The summed E-state index contributed by atoms with van der Waals surface area (Å²) in [5.74, 6) is -0.436. The molecular formula is C13H20N4O5. The van der Waals surface area contributed by atoms with Gasteiger partial charge in [0.15, 0.2) is 5.69 Å². The van der Waals surface area contributed by atoms with Crippen LogP contribution in [0.1, 0.15) is 26.3 Å². The number of nitrogens with one attached hydrogen (secondary N) is 2. The van der Waals surface area contributed by atoms with Gasteiger partial charge in [-0.05, 0) is 19.4 Å². The molecule has 0 aliphatic carbocycles. The number of benzene rings is 1. The predicted molar refractivity (Wildman–Crippen MR) is 83.0 cm³/mol. The summed E-state index contributed by atoms with van der Waals surface area (Å²) in [6, 6.07) is 1.58. The molecule has 0 bridgehead atoms. The van der Waals surface area contributed by atoms with Crippen molar-refractivity contribution in [3.8, 4) is 0 Å². The maximum absolute atomic E-state index is 11.4. The molecule has 2 N–H and O–H groups in total. The van der Waals surface area contributed by atoms with E-state index in [4.69, 9.17) is 0 Å². The first kappa shape index (κ1) is 19.3. The van der Waals surface area contributed by atoms with Crippen molar-refractivity contribution in [1.29, 1.82) is 0 Å². The van der Waals surface area contributed by atoms with Gasteiger partial charge in [0, 0.05) is 19.2 Å². The zero-order chi connectivity index (χ0) is 17.4.